The molecule has 2 saturated heterocycles. The number of rotatable bonds is 4. The number of hydrogen-bond donors (Lipinski definition) is 0. The molecule has 1 atom stereocenters. The fourth-order valence-corrected chi connectivity index (χ4v) is 4.53. The van der Waals surface area contributed by atoms with Gasteiger partial charge in [-0.05, 0) is 37.7 Å². The van der Waals surface area contributed by atoms with Crippen LogP contribution in [0.15, 0.2) is 48.7 Å². The van der Waals surface area contributed by atoms with Gasteiger partial charge in [-0.15, -0.1) is 10.2 Å². The van der Waals surface area contributed by atoms with Crippen LogP contribution in [0, 0.1) is 0 Å². The minimum absolute atomic E-state index is 0.0989. The van der Waals surface area contributed by atoms with Crippen molar-refractivity contribution in [2.75, 3.05) is 46.3 Å². The molecule has 3 aromatic rings. The van der Waals surface area contributed by atoms with Crippen LogP contribution in [-0.2, 0) is 6.54 Å². The topological polar surface area (TPSA) is 57.0 Å². The Kier molecular flexibility index (Phi) is 5.23. The Morgan fingerprint density at radius 2 is 1.80 bits per heavy atom. The molecule has 2 aliphatic rings. The quantitative estimate of drug-likeness (QED) is 0.667. The summed E-state index contributed by atoms with van der Waals surface area (Å²) in [7, 11) is 2.10. The molecule has 4 heterocycles. The SMILES string of the molecule is CN1CCN(C(=O)c2ccc3nnc([C@@H]4CCN(Cc5ccccc5)C4)n3c2)CC1. The normalized spacial score (nSPS) is 20.8. The van der Waals surface area contributed by atoms with Gasteiger partial charge in [-0.3, -0.25) is 14.1 Å². The maximum Gasteiger partial charge on any atom is 0.255 e. The Labute approximate surface area is 176 Å². The highest BCUT2D eigenvalue weighted by atomic mass is 16.2. The van der Waals surface area contributed by atoms with Crippen molar-refractivity contribution >= 4 is 11.6 Å². The van der Waals surface area contributed by atoms with Gasteiger partial charge in [0.25, 0.3) is 5.91 Å². The van der Waals surface area contributed by atoms with Crippen LogP contribution in [-0.4, -0.2) is 81.5 Å². The summed E-state index contributed by atoms with van der Waals surface area (Å²) in [4.78, 5) is 19.7. The highest BCUT2D eigenvalue weighted by Crippen LogP contribution is 2.27. The van der Waals surface area contributed by atoms with E-state index < -0.39 is 0 Å². The van der Waals surface area contributed by atoms with Crippen molar-refractivity contribution in [3.63, 3.8) is 0 Å². The molecule has 2 aromatic heterocycles. The second-order valence-electron chi connectivity index (χ2n) is 8.51. The van der Waals surface area contributed by atoms with Crippen molar-refractivity contribution < 1.29 is 4.79 Å². The Balaban J connectivity index is 1.33. The molecule has 7 heteroatoms. The third-order valence-corrected chi connectivity index (χ3v) is 6.35. The Morgan fingerprint density at radius 1 is 1.00 bits per heavy atom. The number of piperazine rings is 1. The van der Waals surface area contributed by atoms with Gasteiger partial charge in [-0.1, -0.05) is 30.3 Å². The molecule has 0 N–H and O–H groups in total. The first-order valence-electron chi connectivity index (χ1n) is 10.8. The zero-order valence-electron chi connectivity index (χ0n) is 17.4. The number of fused-ring (bicyclic) bond motifs is 1. The maximum atomic E-state index is 13.0. The second-order valence-corrected chi connectivity index (χ2v) is 8.51. The van der Waals surface area contributed by atoms with E-state index in [1.807, 2.05) is 27.6 Å². The molecule has 0 unspecified atom stereocenters. The Morgan fingerprint density at radius 3 is 2.60 bits per heavy atom. The average molecular weight is 405 g/mol. The fraction of sp³-hybridized carbons (Fsp3) is 0.435. The highest BCUT2D eigenvalue weighted by molar-refractivity contribution is 5.94. The number of amides is 1. The summed E-state index contributed by atoms with van der Waals surface area (Å²) in [5.41, 5.74) is 2.86. The molecule has 0 saturated carbocycles. The zero-order chi connectivity index (χ0) is 20.5. The predicted molar refractivity (Wildman–Crippen MR) is 115 cm³/mol. The number of pyridine rings is 1. The summed E-state index contributed by atoms with van der Waals surface area (Å²) >= 11 is 0. The lowest BCUT2D eigenvalue weighted by molar-refractivity contribution is 0.0663. The maximum absolute atomic E-state index is 13.0. The van der Waals surface area contributed by atoms with E-state index in [1.165, 1.54) is 5.56 Å². The van der Waals surface area contributed by atoms with E-state index >= 15 is 0 Å². The molecule has 30 heavy (non-hydrogen) atoms. The van der Waals surface area contributed by atoms with E-state index in [4.69, 9.17) is 0 Å². The lowest BCUT2D eigenvalue weighted by Gasteiger charge is -2.32. The molecule has 0 bridgehead atoms. The number of carbonyl (C=O) groups excluding carboxylic acids is 1. The number of aromatic nitrogens is 3. The number of likely N-dealkylation sites (N-methyl/N-ethyl adjacent to an activating group) is 1. The number of carbonyl (C=O) groups is 1. The molecular formula is C23H28N6O. The van der Waals surface area contributed by atoms with Gasteiger partial charge in [-0.2, -0.15) is 0 Å². The molecule has 0 radical (unpaired) electrons. The molecule has 2 fully saturated rings. The van der Waals surface area contributed by atoms with Crippen molar-refractivity contribution in [1.82, 2.24) is 29.3 Å². The van der Waals surface area contributed by atoms with Crippen LogP contribution in [0.4, 0.5) is 0 Å². The number of hydrogen-bond acceptors (Lipinski definition) is 5. The first-order chi connectivity index (χ1) is 14.7. The lowest BCUT2D eigenvalue weighted by Crippen LogP contribution is -2.47. The Hall–Kier alpha value is -2.77. The van der Waals surface area contributed by atoms with Gasteiger partial charge in [0, 0.05) is 51.4 Å². The van der Waals surface area contributed by atoms with Crippen LogP contribution in [0.25, 0.3) is 5.65 Å². The van der Waals surface area contributed by atoms with Crippen molar-refractivity contribution in [1.29, 1.82) is 0 Å². The van der Waals surface area contributed by atoms with E-state index in [2.05, 4.69) is 57.4 Å². The fourth-order valence-electron chi connectivity index (χ4n) is 4.53. The van der Waals surface area contributed by atoms with Crippen LogP contribution in [0.5, 0.6) is 0 Å². The largest absolute Gasteiger partial charge is 0.336 e. The van der Waals surface area contributed by atoms with Crippen molar-refractivity contribution in [3.8, 4) is 0 Å². The van der Waals surface area contributed by atoms with Gasteiger partial charge in [0.05, 0.1) is 5.56 Å². The van der Waals surface area contributed by atoms with Crippen LogP contribution in [0.1, 0.15) is 34.1 Å². The van der Waals surface area contributed by atoms with Crippen molar-refractivity contribution in [2.24, 2.45) is 0 Å². The van der Waals surface area contributed by atoms with E-state index in [1.54, 1.807) is 0 Å². The van der Waals surface area contributed by atoms with E-state index in [-0.39, 0.29) is 5.91 Å². The van der Waals surface area contributed by atoms with Gasteiger partial charge in [-0.25, -0.2) is 0 Å². The summed E-state index contributed by atoms with van der Waals surface area (Å²) in [5, 5.41) is 8.85. The standard InChI is InChI=1S/C23H28N6O/c1-26-11-13-28(14-12-26)23(30)20-7-8-21-24-25-22(29(21)17-20)19-9-10-27(16-19)15-18-5-3-2-4-6-18/h2-8,17,19H,9-16H2,1H3/t19-/m1/s1. The first-order valence-corrected chi connectivity index (χ1v) is 10.8. The molecule has 1 amide bonds. The molecule has 7 nitrogen and oxygen atoms in total. The smallest absolute Gasteiger partial charge is 0.255 e. The van der Waals surface area contributed by atoms with Gasteiger partial charge < -0.3 is 9.80 Å². The van der Waals surface area contributed by atoms with Gasteiger partial charge in [0.2, 0.25) is 0 Å². The minimum Gasteiger partial charge on any atom is -0.336 e. The van der Waals surface area contributed by atoms with Gasteiger partial charge in [0.1, 0.15) is 5.82 Å². The second kappa shape index (κ2) is 8.16. The average Bonchev–Trinajstić information content (AvgIpc) is 3.40. The summed E-state index contributed by atoms with van der Waals surface area (Å²) in [6, 6.07) is 14.4. The Bertz CT molecular complexity index is 1020. The minimum atomic E-state index is 0.0989. The van der Waals surface area contributed by atoms with E-state index in [9.17, 15) is 4.79 Å². The molecule has 1 aromatic carbocycles. The van der Waals surface area contributed by atoms with Crippen molar-refractivity contribution in [3.05, 3.63) is 65.6 Å². The van der Waals surface area contributed by atoms with Crippen LogP contribution >= 0.6 is 0 Å². The first kappa shape index (κ1) is 19.2. The summed E-state index contributed by atoms with van der Waals surface area (Å²) in [6.07, 6.45) is 3.00. The third kappa shape index (κ3) is 3.82. The van der Waals surface area contributed by atoms with Crippen LogP contribution < -0.4 is 0 Å². The van der Waals surface area contributed by atoms with E-state index in [0.29, 0.717) is 11.5 Å². The molecule has 156 valence electrons. The monoisotopic (exact) mass is 404 g/mol. The third-order valence-electron chi connectivity index (χ3n) is 6.35. The van der Waals surface area contributed by atoms with Crippen LogP contribution in [0.2, 0.25) is 0 Å². The van der Waals surface area contributed by atoms with Crippen molar-refractivity contribution in [2.45, 2.75) is 18.9 Å². The molecular weight excluding hydrogens is 376 g/mol. The molecule has 0 spiro atoms. The number of likely N-dealkylation sites (tertiary alicyclic amines) is 1. The molecule has 5 rings (SSSR count). The number of nitrogens with zero attached hydrogens (tertiary/aromatic N) is 6. The highest BCUT2D eigenvalue weighted by Gasteiger charge is 2.28. The molecule has 2 aliphatic heterocycles. The van der Waals surface area contributed by atoms with Crippen LogP contribution in [0.3, 0.4) is 0 Å². The summed E-state index contributed by atoms with van der Waals surface area (Å²) in [5.74, 6) is 1.40. The summed E-state index contributed by atoms with van der Waals surface area (Å²) in [6.45, 7) is 6.37. The number of benzene rings is 1. The van der Waals surface area contributed by atoms with Gasteiger partial charge >= 0.3 is 0 Å². The lowest BCUT2D eigenvalue weighted by atomic mass is 10.1. The van der Waals surface area contributed by atoms with Gasteiger partial charge in [0.15, 0.2) is 5.65 Å². The van der Waals surface area contributed by atoms with E-state index in [0.717, 1.165) is 63.7 Å². The zero-order valence-corrected chi connectivity index (χ0v) is 17.4. The predicted octanol–water partition coefficient (Wildman–Crippen LogP) is 2.11. The molecule has 0 aliphatic carbocycles. The summed E-state index contributed by atoms with van der Waals surface area (Å²) < 4.78 is 2.03.